The van der Waals surface area contributed by atoms with Crippen LogP contribution in [-0.4, -0.2) is 28.0 Å². The average molecular weight is 453 g/mol. The number of hydrogen-bond acceptors (Lipinski definition) is 7. The van der Waals surface area contributed by atoms with Crippen molar-refractivity contribution >= 4 is 57.1 Å². The molecule has 0 saturated carbocycles. The maximum absolute atomic E-state index is 13.9. The highest BCUT2D eigenvalue weighted by Crippen LogP contribution is 2.33. The number of benzene rings is 2. The minimum Gasteiger partial charge on any atom is -0.492 e. The minimum absolute atomic E-state index is 0.0824. The Morgan fingerprint density at radius 1 is 1.28 bits per heavy atom. The van der Waals surface area contributed by atoms with Crippen LogP contribution in [0.3, 0.4) is 0 Å². The number of thioether (sulfide) groups is 1. The van der Waals surface area contributed by atoms with Crippen molar-refractivity contribution in [1.82, 2.24) is 10.2 Å². The summed E-state index contributed by atoms with van der Waals surface area (Å²) in [6.07, 6.45) is 0. The molecule has 0 aliphatic heterocycles. The largest absolute Gasteiger partial charge is 0.492 e. The lowest BCUT2D eigenvalue weighted by Gasteiger charge is -2.11. The summed E-state index contributed by atoms with van der Waals surface area (Å²) >= 11 is 8.28. The average Bonchev–Trinajstić information content (AvgIpc) is 3.12. The maximum Gasteiger partial charge on any atom is 0.237 e. The van der Waals surface area contributed by atoms with Gasteiger partial charge in [-0.3, -0.25) is 4.79 Å². The Morgan fingerprint density at radius 2 is 2.07 bits per heavy atom. The zero-order valence-corrected chi connectivity index (χ0v) is 18.0. The molecule has 2 aromatic carbocycles. The van der Waals surface area contributed by atoms with Gasteiger partial charge >= 0.3 is 0 Å². The van der Waals surface area contributed by atoms with Crippen molar-refractivity contribution in [2.24, 2.45) is 0 Å². The Balaban J connectivity index is 1.61. The number of anilines is 3. The van der Waals surface area contributed by atoms with Gasteiger partial charge in [0.1, 0.15) is 11.6 Å². The highest BCUT2D eigenvalue weighted by Gasteiger charge is 2.19. The van der Waals surface area contributed by atoms with E-state index in [0.717, 1.165) is 17.5 Å². The molecular formula is C19H18ClFN4O2S2. The van der Waals surface area contributed by atoms with Crippen LogP contribution in [0.1, 0.15) is 13.8 Å². The van der Waals surface area contributed by atoms with E-state index in [1.807, 2.05) is 31.2 Å². The third-order valence-corrected chi connectivity index (χ3v) is 5.93. The molecule has 3 aromatic rings. The van der Waals surface area contributed by atoms with Crippen molar-refractivity contribution in [3.05, 3.63) is 53.3 Å². The van der Waals surface area contributed by atoms with Crippen molar-refractivity contribution in [3.63, 3.8) is 0 Å². The molecular weight excluding hydrogens is 435 g/mol. The van der Waals surface area contributed by atoms with Crippen LogP contribution < -0.4 is 15.4 Å². The first-order chi connectivity index (χ1) is 14.0. The highest BCUT2D eigenvalue weighted by atomic mass is 35.5. The molecule has 0 saturated heterocycles. The summed E-state index contributed by atoms with van der Waals surface area (Å²) in [6.45, 7) is 4.18. The first-order valence-electron chi connectivity index (χ1n) is 8.71. The summed E-state index contributed by atoms with van der Waals surface area (Å²) < 4.78 is 20.0. The third-order valence-electron chi connectivity index (χ3n) is 3.67. The zero-order chi connectivity index (χ0) is 20.8. The molecule has 0 radical (unpaired) electrons. The van der Waals surface area contributed by atoms with E-state index in [4.69, 9.17) is 16.3 Å². The van der Waals surface area contributed by atoms with Gasteiger partial charge < -0.3 is 15.4 Å². The maximum atomic E-state index is 13.9. The van der Waals surface area contributed by atoms with Gasteiger partial charge in [0.25, 0.3) is 0 Å². The Bertz CT molecular complexity index is 1000. The van der Waals surface area contributed by atoms with Crippen molar-refractivity contribution in [3.8, 4) is 5.75 Å². The predicted molar refractivity (Wildman–Crippen MR) is 116 cm³/mol. The Labute approximate surface area is 180 Å². The zero-order valence-electron chi connectivity index (χ0n) is 15.6. The number of para-hydroxylation sites is 2. The number of ether oxygens (including phenoxy) is 1. The van der Waals surface area contributed by atoms with Gasteiger partial charge in [-0.15, -0.1) is 10.2 Å². The number of carbonyl (C=O) groups is 1. The SMILES string of the molecule is CCOc1ccccc1Nc1nnc(SC(C)C(=O)Nc2ccc(Cl)cc2F)s1. The fourth-order valence-corrected chi connectivity index (χ4v) is 4.37. The monoisotopic (exact) mass is 452 g/mol. The number of aromatic nitrogens is 2. The molecule has 0 aliphatic carbocycles. The Hall–Kier alpha value is -2.36. The second-order valence-electron chi connectivity index (χ2n) is 5.80. The van der Waals surface area contributed by atoms with E-state index >= 15 is 0 Å². The summed E-state index contributed by atoms with van der Waals surface area (Å²) in [5, 5.41) is 14.3. The predicted octanol–water partition coefficient (Wildman–Crippen LogP) is 5.59. The van der Waals surface area contributed by atoms with Crippen LogP contribution in [0.15, 0.2) is 46.8 Å². The highest BCUT2D eigenvalue weighted by molar-refractivity contribution is 8.02. The fourth-order valence-electron chi connectivity index (χ4n) is 2.30. The van der Waals surface area contributed by atoms with Gasteiger partial charge in [0.2, 0.25) is 11.0 Å². The van der Waals surface area contributed by atoms with Crippen LogP contribution in [0.25, 0.3) is 0 Å². The fraction of sp³-hybridized carbons (Fsp3) is 0.211. The van der Waals surface area contributed by atoms with Gasteiger partial charge in [0.05, 0.1) is 23.2 Å². The molecule has 0 aliphatic rings. The number of nitrogens with one attached hydrogen (secondary N) is 2. The molecule has 10 heteroatoms. The smallest absolute Gasteiger partial charge is 0.237 e. The molecule has 29 heavy (non-hydrogen) atoms. The molecule has 1 unspecified atom stereocenters. The molecule has 2 N–H and O–H groups in total. The van der Waals surface area contributed by atoms with Gasteiger partial charge in [-0.05, 0) is 44.2 Å². The van der Waals surface area contributed by atoms with Gasteiger partial charge in [0.15, 0.2) is 4.34 Å². The van der Waals surface area contributed by atoms with Crippen molar-refractivity contribution < 1.29 is 13.9 Å². The number of amides is 1. The van der Waals surface area contributed by atoms with E-state index in [1.54, 1.807) is 6.92 Å². The lowest BCUT2D eigenvalue weighted by atomic mass is 10.3. The van der Waals surface area contributed by atoms with E-state index < -0.39 is 11.1 Å². The first kappa shape index (κ1) is 21.4. The second-order valence-corrected chi connectivity index (χ2v) is 8.80. The summed E-state index contributed by atoms with van der Waals surface area (Å²) in [6, 6.07) is 11.6. The molecule has 152 valence electrons. The lowest BCUT2D eigenvalue weighted by molar-refractivity contribution is -0.115. The molecule has 1 amide bonds. The quantitative estimate of drug-likeness (QED) is 0.434. The summed E-state index contributed by atoms with van der Waals surface area (Å²) in [5.74, 6) is -0.210. The van der Waals surface area contributed by atoms with Gasteiger partial charge in [0, 0.05) is 5.02 Å². The third kappa shape index (κ3) is 5.81. The molecule has 3 rings (SSSR count). The summed E-state index contributed by atoms with van der Waals surface area (Å²) in [7, 11) is 0. The molecule has 0 bridgehead atoms. The Kier molecular flexibility index (Phi) is 7.29. The molecule has 1 atom stereocenters. The van der Waals surface area contributed by atoms with Gasteiger partial charge in [-0.1, -0.05) is 46.8 Å². The summed E-state index contributed by atoms with van der Waals surface area (Å²) in [4.78, 5) is 12.4. The van der Waals surface area contributed by atoms with Crippen molar-refractivity contribution in [2.75, 3.05) is 17.2 Å². The van der Waals surface area contributed by atoms with Crippen LogP contribution in [0.4, 0.5) is 20.9 Å². The van der Waals surface area contributed by atoms with Crippen LogP contribution in [0.5, 0.6) is 5.75 Å². The number of nitrogens with zero attached hydrogens (tertiary/aromatic N) is 2. The molecule has 0 fully saturated rings. The lowest BCUT2D eigenvalue weighted by Crippen LogP contribution is -2.22. The van der Waals surface area contributed by atoms with E-state index in [0.29, 0.717) is 16.1 Å². The molecule has 6 nitrogen and oxygen atoms in total. The number of halogens is 2. The molecule has 1 aromatic heterocycles. The molecule has 0 spiro atoms. The van der Waals surface area contributed by atoms with E-state index in [2.05, 4.69) is 20.8 Å². The van der Waals surface area contributed by atoms with Gasteiger partial charge in [-0.2, -0.15) is 0 Å². The van der Waals surface area contributed by atoms with Crippen LogP contribution in [0, 0.1) is 5.82 Å². The minimum atomic E-state index is -0.585. The van der Waals surface area contributed by atoms with E-state index in [9.17, 15) is 9.18 Å². The number of rotatable bonds is 8. The van der Waals surface area contributed by atoms with Crippen LogP contribution in [-0.2, 0) is 4.79 Å². The molecule has 1 heterocycles. The topological polar surface area (TPSA) is 76.1 Å². The van der Waals surface area contributed by atoms with Crippen LogP contribution >= 0.6 is 34.7 Å². The normalized spacial score (nSPS) is 11.7. The first-order valence-corrected chi connectivity index (χ1v) is 10.8. The number of hydrogen-bond donors (Lipinski definition) is 2. The number of carbonyl (C=O) groups excluding carboxylic acids is 1. The van der Waals surface area contributed by atoms with Crippen LogP contribution in [0.2, 0.25) is 5.02 Å². The summed E-state index contributed by atoms with van der Waals surface area (Å²) in [5.41, 5.74) is 0.866. The Morgan fingerprint density at radius 3 is 2.83 bits per heavy atom. The second kappa shape index (κ2) is 9.91. The standard InChI is InChI=1S/C19H18ClFN4O2S2/c1-3-27-16-7-5-4-6-15(16)23-18-24-25-19(29-18)28-11(2)17(26)22-14-9-8-12(20)10-13(14)21/h4-11H,3H2,1-2H3,(H,22,26)(H,23,24). The van der Waals surface area contributed by atoms with E-state index in [1.165, 1.54) is 35.2 Å². The van der Waals surface area contributed by atoms with Gasteiger partial charge in [-0.25, -0.2) is 4.39 Å². The van der Waals surface area contributed by atoms with Crippen molar-refractivity contribution in [1.29, 1.82) is 0 Å². The van der Waals surface area contributed by atoms with E-state index in [-0.39, 0.29) is 16.6 Å². The van der Waals surface area contributed by atoms with Crippen molar-refractivity contribution in [2.45, 2.75) is 23.4 Å².